The van der Waals surface area contributed by atoms with Gasteiger partial charge in [0.05, 0.1) is 35.6 Å². The standard InChI is InChI=1S/C45H49NO13/c1-24-29(57-41(54)35(50)33(26-15-9-6-10-16-26)46-39(52)27-17-11-7-12-18-27)22-45(55)38(58-40(53)28-19-13-8-14-20-28)36-43(5,37(51)34(49)32(24)42(45,3)4)30(48)21-31-44(36,23-56-31)59-25(2)47/h6-20,29-31,33-36,38,48-50,55H,21-23H2,1-5H3,(H,46,52)/t29-,30-,31?,33-,34+,35+,36-,38-,43+,44-,45+/m0/s1. The number of esters is 3. The number of hydrogen-bond acceptors (Lipinski definition) is 13. The lowest BCUT2D eigenvalue weighted by Gasteiger charge is -2.67. The highest BCUT2D eigenvalue weighted by molar-refractivity contribution is 5.95. The van der Waals surface area contributed by atoms with Crippen molar-refractivity contribution >= 4 is 29.6 Å². The molecule has 0 aromatic heterocycles. The molecule has 3 aromatic rings. The third-order valence-electron chi connectivity index (χ3n) is 13.2. The fraction of sp³-hybridized carbons (Fsp3) is 0.444. The van der Waals surface area contributed by atoms with Gasteiger partial charge in [0.2, 0.25) is 0 Å². The fourth-order valence-corrected chi connectivity index (χ4v) is 9.94. The summed E-state index contributed by atoms with van der Waals surface area (Å²) in [6.45, 7) is 6.89. The van der Waals surface area contributed by atoms with E-state index in [9.17, 15) is 44.4 Å². The maximum Gasteiger partial charge on any atom is 0.338 e. The summed E-state index contributed by atoms with van der Waals surface area (Å²) in [5, 5.41) is 51.9. The summed E-state index contributed by atoms with van der Waals surface area (Å²) in [7, 11) is 0. The Labute approximate surface area is 341 Å². The summed E-state index contributed by atoms with van der Waals surface area (Å²) in [6, 6.07) is 23.1. The summed E-state index contributed by atoms with van der Waals surface area (Å²) < 4.78 is 24.2. The van der Waals surface area contributed by atoms with E-state index in [1.807, 2.05) is 0 Å². The van der Waals surface area contributed by atoms with Crippen LogP contribution in [0.1, 0.15) is 79.8 Å². The molecule has 1 heterocycles. The van der Waals surface area contributed by atoms with Crippen LogP contribution in [0.3, 0.4) is 0 Å². The molecule has 3 fully saturated rings. The van der Waals surface area contributed by atoms with Crippen molar-refractivity contribution in [1.82, 2.24) is 5.32 Å². The van der Waals surface area contributed by atoms with Crippen LogP contribution in [0, 0.1) is 16.7 Å². The number of aliphatic hydroxyl groups excluding tert-OH is 3. The molecular formula is C45H49NO13. The third kappa shape index (κ3) is 6.76. The first-order valence-corrected chi connectivity index (χ1v) is 19.6. The first kappa shape index (κ1) is 41.9. The molecule has 1 aliphatic heterocycles. The molecule has 312 valence electrons. The Kier molecular flexibility index (Phi) is 10.9. The van der Waals surface area contributed by atoms with Crippen molar-refractivity contribution in [2.45, 2.75) is 101 Å². The van der Waals surface area contributed by atoms with Gasteiger partial charge in [-0.1, -0.05) is 80.6 Å². The van der Waals surface area contributed by atoms with Crippen LogP contribution in [0.25, 0.3) is 0 Å². The zero-order valence-corrected chi connectivity index (χ0v) is 33.4. The number of ketones is 1. The Hall–Kier alpha value is -5.25. The Morgan fingerprint density at radius 2 is 1.44 bits per heavy atom. The molecule has 14 heteroatoms. The Morgan fingerprint density at radius 1 is 0.864 bits per heavy atom. The molecule has 2 saturated carbocycles. The molecule has 7 rings (SSSR count). The molecule has 3 aromatic carbocycles. The van der Waals surface area contributed by atoms with Gasteiger partial charge in [-0.25, -0.2) is 9.59 Å². The molecular weight excluding hydrogens is 762 g/mol. The molecule has 1 amide bonds. The SMILES string of the molecule is CC(=O)O[C@@]12COC1C[C@H](O)[C@@]1(C)C(=O)[C@H](O)C3=C(C)[C@@H](OC(=O)[C@H](O)[C@@H](NC(=O)c4ccccc4)c4ccccc4)C[C@@](O)([C@@H](OC(=O)c4ccccc4)[C@@H]12)C3(C)C. The van der Waals surface area contributed by atoms with Gasteiger partial charge in [0.1, 0.15) is 30.0 Å². The predicted molar refractivity (Wildman–Crippen MR) is 208 cm³/mol. The summed E-state index contributed by atoms with van der Waals surface area (Å²) in [4.78, 5) is 69.5. The van der Waals surface area contributed by atoms with Crippen LogP contribution in [0.5, 0.6) is 0 Å². The highest BCUT2D eigenvalue weighted by Gasteiger charge is 2.78. The van der Waals surface area contributed by atoms with E-state index in [-0.39, 0.29) is 35.3 Å². The summed E-state index contributed by atoms with van der Waals surface area (Å²) in [6.07, 6.45) is -10.5. The van der Waals surface area contributed by atoms with Gasteiger partial charge in [0.25, 0.3) is 5.91 Å². The molecule has 3 aliphatic carbocycles. The van der Waals surface area contributed by atoms with Crippen LogP contribution in [0.2, 0.25) is 0 Å². The van der Waals surface area contributed by atoms with E-state index in [4.69, 9.17) is 18.9 Å². The number of hydrogen-bond donors (Lipinski definition) is 5. The van der Waals surface area contributed by atoms with Gasteiger partial charge in [-0.15, -0.1) is 0 Å². The zero-order chi connectivity index (χ0) is 42.7. The normalized spacial score (nSPS) is 33.0. The van der Waals surface area contributed by atoms with Gasteiger partial charge in [0.15, 0.2) is 17.5 Å². The number of benzene rings is 3. The lowest BCUT2D eigenvalue weighted by atomic mass is 9.44. The number of Topliss-reactive ketones (excluding diaryl/α,β-unsaturated/α-hetero) is 1. The number of nitrogens with one attached hydrogen (secondary N) is 1. The number of amides is 1. The number of rotatable bonds is 9. The second kappa shape index (κ2) is 15.4. The first-order chi connectivity index (χ1) is 27.9. The van der Waals surface area contributed by atoms with Crippen LogP contribution in [0.15, 0.2) is 102 Å². The topological polar surface area (TPSA) is 215 Å². The minimum Gasteiger partial charge on any atom is -0.456 e. The van der Waals surface area contributed by atoms with Crippen LogP contribution >= 0.6 is 0 Å². The van der Waals surface area contributed by atoms with E-state index in [1.165, 1.54) is 26.0 Å². The Bertz CT molecular complexity index is 2160. The predicted octanol–water partition coefficient (Wildman–Crippen LogP) is 3.16. The monoisotopic (exact) mass is 811 g/mol. The summed E-state index contributed by atoms with van der Waals surface area (Å²) in [5.41, 5.74) is -6.86. The lowest BCUT2D eigenvalue weighted by Crippen LogP contribution is -2.81. The number of carbonyl (C=O) groups excluding carboxylic acids is 5. The number of ether oxygens (including phenoxy) is 4. The minimum absolute atomic E-state index is 0.0540. The van der Waals surface area contributed by atoms with Gasteiger partial charge in [-0.2, -0.15) is 0 Å². The van der Waals surface area contributed by atoms with Gasteiger partial charge < -0.3 is 44.7 Å². The molecule has 5 N–H and O–H groups in total. The molecule has 0 spiro atoms. The van der Waals surface area contributed by atoms with Gasteiger partial charge in [-0.05, 0) is 54.8 Å². The Morgan fingerprint density at radius 3 is 2.00 bits per heavy atom. The van der Waals surface area contributed by atoms with Crippen molar-refractivity contribution in [1.29, 1.82) is 0 Å². The molecule has 4 aliphatic rings. The summed E-state index contributed by atoms with van der Waals surface area (Å²) >= 11 is 0. The van der Waals surface area contributed by atoms with E-state index in [0.717, 1.165) is 6.92 Å². The molecule has 2 bridgehead atoms. The van der Waals surface area contributed by atoms with E-state index < -0.39 is 107 Å². The van der Waals surface area contributed by atoms with Crippen molar-refractivity contribution in [2.75, 3.05) is 6.61 Å². The van der Waals surface area contributed by atoms with Gasteiger partial charge >= 0.3 is 17.9 Å². The van der Waals surface area contributed by atoms with Crippen LogP contribution in [0.4, 0.5) is 0 Å². The van der Waals surface area contributed by atoms with E-state index >= 15 is 0 Å². The van der Waals surface area contributed by atoms with E-state index in [1.54, 1.807) is 92.7 Å². The molecule has 14 nitrogen and oxygen atoms in total. The van der Waals surface area contributed by atoms with Crippen LogP contribution in [-0.2, 0) is 33.3 Å². The highest BCUT2D eigenvalue weighted by Crippen LogP contribution is 2.64. The summed E-state index contributed by atoms with van der Waals surface area (Å²) in [5.74, 6) is -5.89. The van der Waals surface area contributed by atoms with Crippen molar-refractivity contribution < 1.29 is 63.3 Å². The number of fused-ring (bicyclic) bond motifs is 5. The minimum atomic E-state index is -2.35. The van der Waals surface area contributed by atoms with Crippen LogP contribution < -0.4 is 5.32 Å². The fourth-order valence-electron chi connectivity index (χ4n) is 9.94. The quantitative estimate of drug-likeness (QED) is 0.120. The smallest absolute Gasteiger partial charge is 0.338 e. The first-order valence-electron chi connectivity index (χ1n) is 19.6. The van der Waals surface area contributed by atoms with E-state index in [2.05, 4.69) is 5.32 Å². The maximum atomic E-state index is 15.0. The lowest BCUT2D eigenvalue weighted by molar-refractivity contribution is -0.346. The molecule has 1 unspecified atom stereocenters. The largest absolute Gasteiger partial charge is 0.456 e. The molecule has 1 saturated heterocycles. The van der Waals surface area contributed by atoms with Crippen molar-refractivity contribution in [3.63, 3.8) is 0 Å². The van der Waals surface area contributed by atoms with Crippen molar-refractivity contribution in [2.24, 2.45) is 16.7 Å². The second-order valence-electron chi connectivity index (χ2n) is 16.8. The second-order valence-corrected chi connectivity index (χ2v) is 16.8. The maximum absolute atomic E-state index is 15.0. The van der Waals surface area contributed by atoms with Crippen molar-refractivity contribution in [3.8, 4) is 0 Å². The third-order valence-corrected chi connectivity index (χ3v) is 13.2. The average molecular weight is 812 g/mol. The average Bonchev–Trinajstić information content (AvgIpc) is 3.21. The molecule has 59 heavy (non-hydrogen) atoms. The Balaban J connectivity index is 1.34. The van der Waals surface area contributed by atoms with E-state index in [0.29, 0.717) is 5.56 Å². The van der Waals surface area contributed by atoms with Crippen molar-refractivity contribution in [3.05, 3.63) is 119 Å². The highest BCUT2D eigenvalue weighted by atomic mass is 16.6. The van der Waals surface area contributed by atoms with Gasteiger partial charge in [-0.3, -0.25) is 14.4 Å². The number of carbonyl (C=O) groups is 5. The van der Waals surface area contributed by atoms with Gasteiger partial charge in [0, 0.05) is 30.7 Å². The number of aliphatic hydroxyl groups is 4. The van der Waals surface area contributed by atoms with Crippen LogP contribution in [-0.4, -0.2) is 104 Å². The molecule has 0 radical (unpaired) electrons. The molecule has 11 atom stereocenters. The zero-order valence-electron chi connectivity index (χ0n) is 33.4.